The van der Waals surface area contributed by atoms with Gasteiger partial charge in [-0.05, 0) is 43.1 Å². The zero-order valence-corrected chi connectivity index (χ0v) is 13.0. The monoisotopic (exact) mass is 305 g/mol. The number of hydrogen-bond donors (Lipinski definition) is 1. The van der Waals surface area contributed by atoms with E-state index in [1.165, 1.54) is 4.88 Å². The van der Waals surface area contributed by atoms with Crippen LogP contribution in [-0.2, 0) is 13.0 Å². The molecule has 0 radical (unpaired) electrons. The molecule has 0 amide bonds. The summed E-state index contributed by atoms with van der Waals surface area (Å²) in [6.07, 6.45) is 0.995. The fourth-order valence-corrected chi connectivity index (χ4v) is 2.86. The van der Waals surface area contributed by atoms with Crippen molar-refractivity contribution in [2.45, 2.75) is 13.0 Å². The van der Waals surface area contributed by atoms with Crippen LogP contribution in [0.4, 0.5) is 0 Å². The van der Waals surface area contributed by atoms with Gasteiger partial charge in [-0.15, -0.1) is 11.3 Å². The minimum absolute atomic E-state index is 0.289. The Labute approximate surface area is 128 Å². The molecule has 0 bridgehead atoms. The molecule has 0 aliphatic carbocycles. The lowest BCUT2D eigenvalue weighted by Crippen LogP contribution is -2.21. The van der Waals surface area contributed by atoms with Gasteiger partial charge in [-0.3, -0.25) is 0 Å². The predicted octanol–water partition coefficient (Wildman–Crippen LogP) is 3.13. The summed E-state index contributed by atoms with van der Waals surface area (Å²) in [5, 5.41) is 11.2. The molecule has 0 atom stereocenters. The highest BCUT2D eigenvalue weighted by Crippen LogP contribution is 2.21. The summed E-state index contributed by atoms with van der Waals surface area (Å²) >= 11 is 1.76. The molecule has 0 fully saturated rings. The number of thiophene rings is 1. The molecule has 0 aliphatic heterocycles. The van der Waals surface area contributed by atoms with Crippen molar-refractivity contribution in [3.63, 3.8) is 0 Å². The third kappa shape index (κ3) is 4.31. The Balaban J connectivity index is 2.02. The van der Waals surface area contributed by atoms with Gasteiger partial charge < -0.3 is 14.7 Å². The molecule has 2 aromatic rings. The third-order valence-corrected chi connectivity index (χ3v) is 4.22. The number of carbonyl (C=O) groups is 1. The molecular weight excluding hydrogens is 286 g/mol. The molecule has 4 nitrogen and oxygen atoms in total. The Kier molecular flexibility index (Phi) is 5.36. The van der Waals surface area contributed by atoms with Crippen molar-refractivity contribution in [3.8, 4) is 5.75 Å². The van der Waals surface area contributed by atoms with Gasteiger partial charge in [0, 0.05) is 23.5 Å². The van der Waals surface area contributed by atoms with Gasteiger partial charge in [-0.25, -0.2) is 4.79 Å². The van der Waals surface area contributed by atoms with Crippen LogP contribution in [0.25, 0.3) is 0 Å². The first-order chi connectivity index (χ1) is 10.1. The van der Waals surface area contributed by atoms with Crippen molar-refractivity contribution in [2.75, 3.05) is 20.7 Å². The first-order valence-corrected chi connectivity index (χ1v) is 7.59. The Morgan fingerprint density at radius 1 is 1.38 bits per heavy atom. The quantitative estimate of drug-likeness (QED) is 0.854. The summed E-state index contributed by atoms with van der Waals surface area (Å²) in [5.41, 5.74) is 1.18. The molecule has 1 aromatic carbocycles. The Morgan fingerprint density at radius 2 is 2.19 bits per heavy atom. The van der Waals surface area contributed by atoms with E-state index < -0.39 is 5.97 Å². The predicted molar refractivity (Wildman–Crippen MR) is 84.3 cm³/mol. The Morgan fingerprint density at radius 3 is 2.81 bits per heavy atom. The van der Waals surface area contributed by atoms with Crippen LogP contribution in [0.3, 0.4) is 0 Å². The molecule has 0 unspecified atom stereocenters. The molecule has 2 rings (SSSR count). The van der Waals surface area contributed by atoms with E-state index in [1.54, 1.807) is 36.6 Å². The molecule has 0 saturated heterocycles. The highest BCUT2D eigenvalue weighted by Gasteiger charge is 2.11. The van der Waals surface area contributed by atoms with Crippen molar-refractivity contribution >= 4 is 17.3 Å². The first kappa shape index (κ1) is 15.5. The molecule has 21 heavy (non-hydrogen) atoms. The van der Waals surface area contributed by atoms with Crippen molar-refractivity contribution in [3.05, 3.63) is 51.7 Å². The summed E-state index contributed by atoms with van der Waals surface area (Å²) in [5.74, 6) is -0.192. The van der Waals surface area contributed by atoms with E-state index in [-0.39, 0.29) is 5.56 Å². The van der Waals surface area contributed by atoms with Crippen LogP contribution in [-0.4, -0.2) is 36.7 Å². The van der Waals surface area contributed by atoms with Gasteiger partial charge in [-0.2, -0.15) is 0 Å². The maximum atomic E-state index is 11.1. The van der Waals surface area contributed by atoms with Gasteiger partial charge in [0.25, 0.3) is 0 Å². The van der Waals surface area contributed by atoms with E-state index >= 15 is 0 Å². The molecule has 5 heteroatoms. The number of carboxylic acid groups (broad SMARTS) is 1. The zero-order chi connectivity index (χ0) is 15.2. The zero-order valence-electron chi connectivity index (χ0n) is 12.2. The topological polar surface area (TPSA) is 49.8 Å². The highest BCUT2D eigenvalue weighted by atomic mass is 32.1. The second kappa shape index (κ2) is 7.24. The fourth-order valence-electron chi connectivity index (χ4n) is 2.16. The van der Waals surface area contributed by atoms with E-state index in [9.17, 15) is 4.79 Å². The highest BCUT2D eigenvalue weighted by molar-refractivity contribution is 7.09. The van der Waals surface area contributed by atoms with Crippen LogP contribution >= 0.6 is 11.3 Å². The van der Waals surface area contributed by atoms with Crippen LogP contribution in [0.1, 0.15) is 20.8 Å². The van der Waals surface area contributed by atoms with Gasteiger partial charge in [-0.1, -0.05) is 6.07 Å². The van der Waals surface area contributed by atoms with Crippen molar-refractivity contribution in [1.82, 2.24) is 4.90 Å². The lowest BCUT2D eigenvalue weighted by atomic mass is 10.1. The second-order valence-corrected chi connectivity index (χ2v) is 5.93. The molecule has 0 aliphatic rings. The van der Waals surface area contributed by atoms with E-state index in [0.717, 1.165) is 24.3 Å². The van der Waals surface area contributed by atoms with Crippen LogP contribution < -0.4 is 4.74 Å². The molecule has 1 aromatic heterocycles. The number of rotatable bonds is 7. The normalized spacial score (nSPS) is 10.8. The summed E-state index contributed by atoms with van der Waals surface area (Å²) in [6.45, 7) is 1.58. The maximum absolute atomic E-state index is 11.1. The smallest absolute Gasteiger partial charge is 0.335 e. The minimum atomic E-state index is -0.917. The number of likely N-dealkylation sites (N-methyl/N-ethyl adjacent to an activating group) is 1. The molecule has 112 valence electrons. The Bertz CT molecular complexity index is 596. The number of ether oxygens (including phenoxy) is 1. The number of carboxylic acids is 1. The van der Waals surface area contributed by atoms with Crippen molar-refractivity contribution in [2.24, 2.45) is 0 Å². The van der Waals surface area contributed by atoms with Crippen LogP contribution in [0, 0.1) is 0 Å². The molecule has 1 heterocycles. The van der Waals surface area contributed by atoms with E-state index in [2.05, 4.69) is 22.4 Å². The van der Waals surface area contributed by atoms with Crippen molar-refractivity contribution < 1.29 is 14.6 Å². The SMILES string of the molecule is COc1ccc(C(=O)O)cc1CN(C)CCc1cccs1. The summed E-state index contributed by atoms with van der Waals surface area (Å²) in [6, 6.07) is 9.15. The van der Waals surface area contributed by atoms with Crippen LogP contribution in [0.5, 0.6) is 5.75 Å². The average molecular weight is 305 g/mol. The molecular formula is C16H19NO3S. The number of benzene rings is 1. The van der Waals surface area contributed by atoms with E-state index in [4.69, 9.17) is 9.84 Å². The molecule has 0 saturated carbocycles. The standard InChI is InChI=1S/C16H19NO3S/c1-17(8-7-14-4-3-9-21-14)11-13-10-12(16(18)19)5-6-15(13)20-2/h3-6,9-10H,7-8,11H2,1-2H3,(H,18,19). The average Bonchev–Trinajstić information content (AvgIpc) is 2.98. The first-order valence-electron chi connectivity index (χ1n) is 6.71. The van der Waals surface area contributed by atoms with Gasteiger partial charge in [0.2, 0.25) is 0 Å². The van der Waals surface area contributed by atoms with Crippen molar-refractivity contribution in [1.29, 1.82) is 0 Å². The maximum Gasteiger partial charge on any atom is 0.335 e. The van der Waals surface area contributed by atoms with E-state index in [0.29, 0.717) is 6.54 Å². The lowest BCUT2D eigenvalue weighted by molar-refractivity contribution is 0.0696. The fraction of sp³-hybridized carbons (Fsp3) is 0.312. The van der Waals surface area contributed by atoms with Crippen LogP contribution in [0.15, 0.2) is 35.7 Å². The summed E-state index contributed by atoms with van der Waals surface area (Å²) in [4.78, 5) is 14.6. The third-order valence-electron chi connectivity index (χ3n) is 3.29. The second-order valence-electron chi connectivity index (χ2n) is 4.90. The molecule has 1 N–H and O–H groups in total. The van der Waals surface area contributed by atoms with Gasteiger partial charge in [0.15, 0.2) is 0 Å². The molecule has 0 spiro atoms. The number of nitrogens with zero attached hydrogens (tertiary/aromatic N) is 1. The van der Waals surface area contributed by atoms with E-state index in [1.807, 2.05) is 7.05 Å². The number of hydrogen-bond acceptors (Lipinski definition) is 4. The summed E-state index contributed by atoms with van der Waals surface area (Å²) in [7, 11) is 3.63. The van der Waals surface area contributed by atoms with Gasteiger partial charge in [0.1, 0.15) is 5.75 Å². The van der Waals surface area contributed by atoms with Gasteiger partial charge >= 0.3 is 5.97 Å². The minimum Gasteiger partial charge on any atom is -0.496 e. The van der Waals surface area contributed by atoms with Crippen LogP contribution in [0.2, 0.25) is 0 Å². The number of aromatic carboxylic acids is 1. The van der Waals surface area contributed by atoms with Gasteiger partial charge in [0.05, 0.1) is 12.7 Å². The Hall–Kier alpha value is -1.85. The lowest BCUT2D eigenvalue weighted by Gasteiger charge is -2.18. The largest absolute Gasteiger partial charge is 0.496 e. The summed E-state index contributed by atoms with van der Waals surface area (Å²) < 4.78 is 5.31. The number of methoxy groups -OCH3 is 1.